The molecule has 1 aromatic carbocycles. The number of benzene rings is 1. The van der Waals surface area contributed by atoms with E-state index in [0.717, 1.165) is 10.4 Å². The predicted octanol–water partition coefficient (Wildman–Crippen LogP) is 1.08. The SMILES string of the molecule is N[C@@H](CCCCNC(=O)n1ncc(-c2ccccc2)n1)C(=O)O. The smallest absolute Gasteiger partial charge is 0.359 e. The van der Waals surface area contributed by atoms with Crippen molar-refractivity contribution in [1.82, 2.24) is 20.3 Å². The average molecular weight is 317 g/mol. The van der Waals surface area contributed by atoms with Crippen LogP contribution >= 0.6 is 0 Å². The molecule has 0 spiro atoms. The first kappa shape index (κ1) is 16.6. The Morgan fingerprint density at radius 1 is 1.26 bits per heavy atom. The quantitative estimate of drug-likeness (QED) is 0.657. The lowest BCUT2D eigenvalue weighted by atomic mass is 10.1. The van der Waals surface area contributed by atoms with Crippen molar-refractivity contribution in [3.8, 4) is 11.3 Å². The van der Waals surface area contributed by atoms with Crippen LogP contribution in [-0.2, 0) is 4.79 Å². The first-order valence-electron chi connectivity index (χ1n) is 7.32. The maximum atomic E-state index is 11.9. The Labute approximate surface area is 133 Å². The monoisotopic (exact) mass is 317 g/mol. The van der Waals surface area contributed by atoms with Crippen LogP contribution < -0.4 is 11.1 Å². The summed E-state index contributed by atoms with van der Waals surface area (Å²) in [5, 5.41) is 19.4. The van der Waals surface area contributed by atoms with E-state index < -0.39 is 18.0 Å². The number of unbranched alkanes of at least 4 members (excludes halogenated alkanes) is 1. The van der Waals surface area contributed by atoms with E-state index in [1.165, 1.54) is 6.20 Å². The minimum atomic E-state index is -1.01. The van der Waals surface area contributed by atoms with Crippen LogP contribution in [0.3, 0.4) is 0 Å². The molecule has 0 radical (unpaired) electrons. The molecule has 122 valence electrons. The zero-order valence-corrected chi connectivity index (χ0v) is 12.6. The topological polar surface area (TPSA) is 123 Å². The number of aliphatic carboxylic acids is 1. The molecule has 0 bridgehead atoms. The molecule has 1 heterocycles. The van der Waals surface area contributed by atoms with Gasteiger partial charge >= 0.3 is 12.0 Å². The fraction of sp³-hybridized carbons (Fsp3) is 0.333. The summed E-state index contributed by atoms with van der Waals surface area (Å²) in [4.78, 5) is 23.5. The first-order valence-corrected chi connectivity index (χ1v) is 7.32. The second-order valence-corrected chi connectivity index (χ2v) is 5.06. The van der Waals surface area contributed by atoms with Crippen molar-refractivity contribution in [3.05, 3.63) is 36.5 Å². The van der Waals surface area contributed by atoms with Gasteiger partial charge in [-0.1, -0.05) is 35.1 Å². The van der Waals surface area contributed by atoms with Crippen LogP contribution in [0, 0.1) is 0 Å². The number of amides is 1. The zero-order valence-electron chi connectivity index (χ0n) is 12.6. The minimum absolute atomic E-state index is 0.378. The number of nitrogens with one attached hydrogen (secondary N) is 1. The van der Waals surface area contributed by atoms with Crippen LogP contribution in [0.15, 0.2) is 36.5 Å². The summed E-state index contributed by atoms with van der Waals surface area (Å²) in [6.07, 6.45) is 3.17. The Morgan fingerprint density at radius 2 is 2.00 bits per heavy atom. The van der Waals surface area contributed by atoms with Gasteiger partial charge in [0.15, 0.2) is 0 Å². The number of nitrogens with two attached hydrogens (primary N) is 1. The van der Waals surface area contributed by atoms with Gasteiger partial charge in [-0.15, -0.1) is 5.10 Å². The van der Waals surface area contributed by atoms with Gasteiger partial charge in [0.1, 0.15) is 11.7 Å². The van der Waals surface area contributed by atoms with Crippen molar-refractivity contribution < 1.29 is 14.7 Å². The molecule has 0 saturated heterocycles. The van der Waals surface area contributed by atoms with E-state index in [1.54, 1.807) is 0 Å². The summed E-state index contributed by atoms with van der Waals surface area (Å²) < 4.78 is 0. The van der Waals surface area contributed by atoms with Crippen molar-refractivity contribution in [3.63, 3.8) is 0 Å². The number of carboxylic acids is 1. The molecular formula is C15H19N5O3. The van der Waals surface area contributed by atoms with Crippen molar-refractivity contribution in [2.75, 3.05) is 6.54 Å². The summed E-state index contributed by atoms with van der Waals surface area (Å²) in [5.74, 6) is -1.01. The first-order chi connectivity index (χ1) is 11.1. The number of nitrogens with zero attached hydrogens (tertiary/aromatic N) is 3. The number of carbonyl (C=O) groups is 2. The molecule has 23 heavy (non-hydrogen) atoms. The molecule has 1 amide bonds. The van der Waals surface area contributed by atoms with Crippen LogP contribution in [0.1, 0.15) is 19.3 Å². The predicted molar refractivity (Wildman–Crippen MR) is 83.7 cm³/mol. The number of carbonyl (C=O) groups excluding carboxylic acids is 1. The molecule has 2 rings (SSSR count). The summed E-state index contributed by atoms with van der Waals surface area (Å²) >= 11 is 0. The molecule has 8 heteroatoms. The average Bonchev–Trinajstić information content (AvgIpc) is 3.05. The van der Waals surface area contributed by atoms with Crippen LogP contribution in [0.2, 0.25) is 0 Å². The maximum absolute atomic E-state index is 11.9. The highest BCUT2D eigenvalue weighted by Gasteiger charge is 2.11. The molecule has 0 aliphatic carbocycles. The molecule has 0 aliphatic rings. The lowest BCUT2D eigenvalue weighted by Crippen LogP contribution is -2.32. The lowest BCUT2D eigenvalue weighted by molar-refractivity contribution is -0.138. The molecule has 1 aromatic heterocycles. The Hall–Kier alpha value is -2.74. The van der Waals surface area contributed by atoms with E-state index in [0.29, 0.717) is 31.5 Å². The molecular weight excluding hydrogens is 298 g/mol. The van der Waals surface area contributed by atoms with Crippen molar-refractivity contribution in [2.24, 2.45) is 5.73 Å². The number of hydrogen-bond acceptors (Lipinski definition) is 5. The van der Waals surface area contributed by atoms with E-state index >= 15 is 0 Å². The maximum Gasteiger partial charge on any atom is 0.359 e. The van der Waals surface area contributed by atoms with Gasteiger partial charge in [-0.3, -0.25) is 4.79 Å². The van der Waals surface area contributed by atoms with Crippen LogP contribution in [0.5, 0.6) is 0 Å². The highest BCUT2D eigenvalue weighted by molar-refractivity contribution is 5.75. The Morgan fingerprint density at radius 3 is 2.70 bits per heavy atom. The Bertz CT molecular complexity index is 656. The lowest BCUT2D eigenvalue weighted by Gasteiger charge is -2.06. The number of rotatable bonds is 7. The third kappa shape index (κ3) is 4.89. The van der Waals surface area contributed by atoms with E-state index in [-0.39, 0.29) is 0 Å². The van der Waals surface area contributed by atoms with Crippen LogP contribution in [0.4, 0.5) is 4.79 Å². The molecule has 0 unspecified atom stereocenters. The number of carboxylic acid groups (broad SMARTS) is 1. The number of aromatic nitrogens is 3. The largest absolute Gasteiger partial charge is 0.480 e. The molecule has 4 N–H and O–H groups in total. The molecule has 0 fully saturated rings. The van der Waals surface area contributed by atoms with Gasteiger partial charge in [-0.05, 0) is 19.3 Å². The minimum Gasteiger partial charge on any atom is -0.480 e. The van der Waals surface area contributed by atoms with E-state index in [1.807, 2.05) is 30.3 Å². The highest BCUT2D eigenvalue weighted by Crippen LogP contribution is 2.14. The Kier molecular flexibility index (Phi) is 5.81. The third-order valence-electron chi connectivity index (χ3n) is 3.28. The molecule has 0 saturated carbocycles. The highest BCUT2D eigenvalue weighted by atomic mass is 16.4. The summed E-state index contributed by atoms with van der Waals surface area (Å²) in [6, 6.07) is 8.17. The Balaban J connectivity index is 1.76. The molecule has 1 atom stereocenters. The second kappa shape index (κ2) is 8.04. The van der Waals surface area contributed by atoms with Gasteiger partial charge in [0.25, 0.3) is 0 Å². The van der Waals surface area contributed by atoms with E-state index in [4.69, 9.17) is 10.8 Å². The van der Waals surface area contributed by atoms with Gasteiger partial charge in [0.05, 0.1) is 6.20 Å². The third-order valence-corrected chi connectivity index (χ3v) is 3.28. The van der Waals surface area contributed by atoms with Gasteiger partial charge in [0.2, 0.25) is 0 Å². The van der Waals surface area contributed by atoms with E-state index in [2.05, 4.69) is 15.5 Å². The summed E-state index contributed by atoms with van der Waals surface area (Å²) in [7, 11) is 0. The van der Waals surface area contributed by atoms with Crippen molar-refractivity contribution in [1.29, 1.82) is 0 Å². The van der Waals surface area contributed by atoms with Gasteiger partial charge in [-0.2, -0.15) is 5.10 Å². The van der Waals surface area contributed by atoms with Crippen molar-refractivity contribution in [2.45, 2.75) is 25.3 Å². The standard InChI is InChI=1S/C15H19N5O3/c16-12(14(21)22)8-4-5-9-17-15(23)20-18-10-13(19-20)11-6-2-1-3-7-11/h1-3,6-7,10,12H,4-5,8-9,16H2,(H,17,23)(H,21,22)/t12-/m0/s1. The van der Waals surface area contributed by atoms with E-state index in [9.17, 15) is 9.59 Å². The van der Waals surface area contributed by atoms with Crippen LogP contribution in [-0.4, -0.2) is 44.7 Å². The fourth-order valence-electron chi connectivity index (χ4n) is 1.98. The molecule has 2 aromatic rings. The molecule has 0 aliphatic heterocycles. The second-order valence-electron chi connectivity index (χ2n) is 5.06. The van der Waals surface area contributed by atoms with Gasteiger partial charge in [-0.25, -0.2) is 4.79 Å². The zero-order chi connectivity index (χ0) is 16.7. The van der Waals surface area contributed by atoms with Gasteiger partial charge in [0, 0.05) is 12.1 Å². The normalized spacial score (nSPS) is 11.9. The fourth-order valence-corrected chi connectivity index (χ4v) is 1.98. The van der Waals surface area contributed by atoms with Crippen molar-refractivity contribution >= 4 is 12.0 Å². The summed E-state index contributed by atoms with van der Waals surface area (Å²) in [6.45, 7) is 0.410. The number of hydrogen-bond donors (Lipinski definition) is 3. The molecule has 8 nitrogen and oxygen atoms in total. The summed E-state index contributed by atoms with van der Waals surface area (Å²) in [5.41, 5.74) is 6.90. The van der Waals surface area contributed by atoms with Crippen LogP contribution in [0.25, 0.3) is 11.3 Å². The van der Waals surface area contributed by atoms with Gasteiger partial charge < -0.3 is 16.2 Å².